The molecule has 0 bridgehead atoms. The van der Waals surface area contributed by atoms with Crippen LogP contribution >= 0.6 is 15.9 Å². The molecule has 5 heteroatoms. The van der Waals surface area contributed by atoms with Gasteiger partial charge >= 0.3 is 0 Å². The number of hydrogen-bond donors (Lipinski definition) is 1. The number of nitrogens with two attached hydrogens (primary N) is 1. The number of nitrogens with zero attached hydrogens (tertiary/aromatic N) is 2. The van der Waals surface area contributed by atoms with Gasteiger partial charge in [-0.15, -0.1) is 0 Å². The third kappa shape index (κ3) is 3.85. The zero-order valence-corrected chi connectivity index (χ0v) is 11.6. The van der Waals surface area contributed by atoms with Crippen LogP contribution in [0.1, 0.15) is 5.56 Å². The molecule has 0 aliphatic heterocycles. The summed E-state index contributed by atoms with van der Waals surface area (Å²) in [5.74, 6) is 0.860. The molecule has 0 fully saturated rings. The molecule has 0 unspecified atom stereocenters. The first-order valence-electron chi connectivity index (χ1n) is 5.87. The molecular formula is C13H16BrN3O. The van der Waals surface area contributed by atoms with Crippen LogP contribution in [0.25, 0.3) is 0 Å². The number of aromatic nitrogens is 2. The van der Waals surface area contributed by atoms with Crippen molar-refractivity contribution >= 4 is 15.9 Å². The van der Waals surface area contributed by atoms with Gasteiger partial charge in [-0.2, -0.15) is 5.10 Å². The number of benzene rings is 1. The van der Waals surface area contributed by atoms with Crippen LogP contribution in [0.3, 0.4) is 0 Å². The quantitative estimate of drug-likeness (QED) is 0.890. The van der Waals surface area contributed by atoms with E-state index < -0.39 is 0 Å². The molecule has 18 heavy (non-hydrogen) atoms. The number of rotatable bonds is 6. The van der Waals surface area contributed by atoms with Gasteiger partial charge in [0, 0.05) is 10.7 Å². The minimum absolute atomic E-state index is 0.597. The first-order chi connectivity index (χ1) is 8.78. The van der Waals surface area contributed by atoms with Crippen molar-refractivity contribution in [2.24, 2.45) is 5.73 Å². The lowest BCUT2D eigenvalue weighted by Crippen LogP contribution is -2.08. The van der Waals surface area contributed by atoms with Gasteiger partial charge in [-0.05, 0) is 36.7 Å². The van der Waals surface area contributed by atoms with Crippen LogP contribution in [-0.2, 0) is 13.0 Å². The summed E-state index contributed by atoms with van der Waals surface area (Å²) in [6, 6.07) is 7.81. The molecule has 0 radical (unpaired) electrons. The minimum Gasteiger partial charge on any atom is -0.492 e. The molecule has 2 N–H and O–H groups in total. The van der Waals surface area contributed by atoms with Gasteiger partial charge in [-0.1, -0.05) is 22.0 Å². The van der Waals surface area contributed by atoms with E-state index in [2.05, 4.69) is 21.0 Å². The standard InChI is InChI=1S/C13H16BrN3O/c14-12-2-1-3-13(8-12)18-7-6-17-10-11(4-5-15)9-16-17/h1-3,8-10H,4-7,15H2. The maximum absolute atomic E-state index is 5.64. The van der Waals surface area contributed by atoms with E-state index in [9.17, 15) is 0 Å². The fraction of sp³-hybridized carbons (Fsp3) is 0.308. The Hall–Kier alpha value is -1.33. The third-order valence-corrected chi connectivity index (χ3v) is 3.00. The predicted molar refractivity (Wildman–Crippen MR) is 74.6 cm³/mol. The van der Waals surface area contributed by atoms with Crippen LogP contribution in [0.15, 0.2) is 41.1 Å². The Morgan fingerprint density at radius 3 is 3.06 bits per heavy atom. The molecule has 0 spiro atoms. The van der Waals surface area contributed by atoms with Gasteiger partial charge in [-0.25, -0.2) is 0 Å². The van der Waals surface area contributed by atoms with Crippen molar-refractivity contribution in [2.75, 3.05) is 13.2 Å². The van der Waals surface area contributed by atoms with Crippen molar-refractivity contribution in [1.29, 1.82) is 0 Å². The Morgan fingerprint density at radius 2 is 2.28 bits per heavy atom. The Bertz CT molecular complexity index is 498. The molecular weight excluding hydrogens is 294 g/mol. The van der Waals surface area contributed by atoms with E-state index in [0.29, 0.717) is 13.2 Å². The van der Waals surface area contributed by atoms with Gasteiger partial charge in [0.15, 0.2) is 0 Å². The highest BCUT2D eigenvalue weighted by Crippen LogP contribution is 2.17. The second-order valence-electron chi connectivity index (χ2n) is 3.96. The van der Waals surface area contributed by atoms with Crippen molar-refractivity contribution in [3.63, 3.8) is 0 Å². The van der Waals surface area contributed by atoms with Gasteiger partial charge in [0.2, 0.25) is 0 Å². The minimum atomic E-state index is 0.597. The molecule has 0 saturated carbocycles. The molecule has 1 aromatic heterocycles. The van der Waals surface area contributed by atoms with Gasteiger partial charge < -0.3 is 10.5 Å². The molecule has 1 aromatic carbocycles. The smallest absolute Gasteiger partial charge is 0.120 e. The summed E-state index contributed by atoms with van der Waals surface area (Å²) in [5, 5.41) is 4.26. The van der Waals surface area contributed by atoms with E-state index in [1.807, 2.05) is 41.3 Å². The Labute approximate surface area is 115 Å². The highest BCUT2D eigenvalue weighted by Gasteiger charge is 1.99. The lowest BCUT2D eigenvalue weighted by atomic mass is 10.3. The van der Waals surface area contributed by atoms with E-state index >= 15 is 0 Å². The zero-order chi connectivity index (χ0) is 12.8. The fourth-order valence-corrected chi connectivity index (χ4v) is 2.02. The molecule has 0 atom stereocenters. The van der Waals surface area contributed by atoms with Crippen LogP contribution in [0.4, 0.5) is 0 Å². The van der Waals surface area contributed by atoms with Crippen molar-refractivity contribution in [2.45, 2.75) is 13.0 Å². The van der Waals surface area contributed by atoms with Crippen LogP contribution in [0.5, 0.6) is 5.75 Å². The molecule has 2 rings (SSSR count). The Morgan fingerprint density at radius 1 is 1.39 bits per heavy atom. The normalized spacial score (nSPS) is 10.6. The molecule has 0 amide bonds. The maximum Gasteiger partial charge on any atom is 0.120 e. The third-order valence-electron chi connectivity index (χ3n) is 2.50. The number of ether oxygens (including phenoxy) is 1. The second-order valence-corrected chi connectivity index (χ2v) is 4.87. The van der Waals surface area contributed by atoms with E-state index in [1.54, 1.807) is 0 Å². The maximum atomic E-state index is 5.64. The average molecular weight is 310 g/mol. The molecule has 0 saturated heterocycles. The summed E-state index contributed by atoms with van der Waals surface area (Å²) in [6.45, 7) is 1.98. The van der Waals surface area contributed by atoms with Crippen molar-refractivity contribution in [3.8, 4) is 5.75 Å². The van der Waals surface area contributed by atoms with Gasteiger partial charge in [0.25, 0.3) is 0 Å². The lowest BCUT2D eigenvalue weighted by molar-refractivity contribution is 0.291. The van der Waals surface area contributed by atoms with Crippen LogP contribution in [0, 0.1) is 0 Å². The van der Waals surface area contributed by atoms with Gasteiger partial charge in [0.05, 0.1) is 12.7 Å². The van der Waals surface area contributed by atoms with Gasteiger partial charge in [-0.3, -0.25) is 4.68 Å². The summed E-state index contributed by atoms with van der Waals surface area (Å²) >= 11 is 3.41. The van der Waals surface area contributed by atoms with Gasteiger partial charge in [0.1, 0.15) is 12.4 Å². The van der Waals surface area contributed by atoms with Crippen LogP contribution in [0.2, 0.25) is 0 Å². The molecule has 4 nitrogen and oxygen atoms in total. The van der Waals surface area contributed by atoms with E-state index in [4.69, 9.17) is 10.5 Å². The summed E-state index contributed by atoms with van der Waals surface area (Å²) in [6.07, 6.45) is 4.73. The van der Waals surface area contributed by atoms with E-state index in [-0.39, 0.29) is 0 Å². The highest BCUT2D eigenvalue weighted by molar-refractivity contribution is 9.10. The SMILES string of the molecule is NCCc1cnn(CCOc2cccc(Br)c2)c1. The van der Waals surface area contributed by atoms with Crippen molar-refractivity contribution in [1.82, 2.24) is 9.78 Å². The molecule has 0 aliphatic rings. The number of hydrogen-bond acceptors (Lipinski definition) is 3. The largest absolute Gasteiger partial charge is 0.492 e. The van der Waals surface area contributed by atoms with E-state index in [0.717, 1.165) is 23.2 Å². The zero-order valence-electron chi connectivity index (χ0n) is 10.1. The first kappa shape index (κ1) is 13.1. The second kappa shape index (κ2) is 6.56. The average Bonchev–Trinajstić information content (AvgIpc) is 2.78. The first-order valence-corrected chi connectivity index (χ1v) is 6.67. The summed E-state index contributed by atoms with van der Waals surface area (Å²) in [5.41, 5.74) is 6.66. The molecule has 2 aromatic rings. The monoisotopic (exact) mass is 309 g/mol. The van der Waals surface area contributed by atoms with Crippen molar-refractivity contribution in [3.05, 3.63) is 46.7 Å². The van der Waals surface area contributed by atoms with E-state index in [1.165, 1.54) is 5.56 Å². The van der Waals surface area contributed by atoms with Crippen molar-refractivity contribution < 1.29 is 4.74 Å². The lowest BCUT2D eigenvalue weighted by Gasteiger charge is -2.06. The summed E-state index contributed by atoms with van der Waals surface area (Å²) < 4.78 is 8.54. The highest BCUT2D eigenvalue weighted by atomic mass is 79.9. The predicted octanol–water partition coefficient (Wildman–Crippen LogP) is 2.23. The Kier molecular flexibility index (Phi) is 4.78. The topological polar surface area (TPSA) is 53.1 Å². The fourth-order valence-electron chi connectivity index (χ4n) is 1.64. The molecule has 0 aliphatic carbocycles. The Balaban J connectivity index is 1.81. The summed E-state index contributed by atoms with van der Waals surface area (Å²) in [4.78, 5) is 0. The molecule has 1 heterocycles. The molecule has 96 valence electrons. The van der Waals surface area contributed by atoms with Crippen LogP contribution < -0.4 is 10.5 Å². The van der Waals surface area contributed by atoms with Crippen LogP contribution in [-0.4, -0.2) is 22.9 Å². The number of halogens is 1. The summed E-state index contributed by atoms with van der Waals surface area (Å²) in [7, 11) is 0.